The second-order valence-corrected chi connectivity index (χ2v) is 14.2. The van der Waals surface area contributed by atoms with Crippen molar-refractivity contribution in [3.05, 3.63) is 73.3 Å². The van der Waals surface area contributed by atoms with Crippen molar-refractivity contribution in [1.29, 1.82) is 0 Å². The van der Waals surface area contributed by atoms with E-state index in [0.29, 0.717) is 6.61 Å². The predicted octanol–water partition coefficient (Wildman–Crippen LogP) is 4.38. The van der Waals surface area contributed by atoms with E-state index in [4.69, 9.17) is 4.43 Å². The predicted molar refractivity (Wildman–Crippen MR) is 133 cm³/mol. The molecule has 0 radical (unpaired) electrons. The molecule has 0 saturated carbocycles. The van der Waals surface area contributed by atoms with Gasteiger partial charge in [0.25, 0.3) is 8.32 Å². The third kappa shape index (κ3) is 5.56. The Morgan fingerprint density at radius 2 is 1.32 bits per heavy atom. The molecule has 2 N–H and O–H groups in total. The summed E-state index contributed by atoms with van der Waals surface area (Å²) < 4.78 is 6.94. The fourth-order valence-corrected chi connectivity index (χ4v) is 9.12. The highest BCUT2D eigenvalue weighted by Crippen LogP contribution is 2.37. The van der Waals surface area contributed by atoms with Crippen molar-refractivity contribution in [2.45, 2.75) is 58.8 Å². The molecule has 5 atom stereocenters. The molecular formula is C27H40O3Si. The van der Waals surface area contributed by atoms with E-state index in [1.165, 1.54) is 10.4 Å². The zero-order valence-corrected chi connectivity index (χ0v) is 21.0. The summed E-state index contributed by atoms with van der Waals surface area (Å²) in [5.41, 5.74) is 0. The van der Waals surface area contributed by atoms with Crippen LogP contribution in [0.15, 0.2) is 73.3 Å². The van der Waals surface area contributed by atoms with Gasteiger partial charge in [-0.2, -0.15) is 0 Å². The van der Waals surface area contributed by atoms with E-state index in [1.54, 1.807) is 6.08 Å². The maximum absolute atomic E-state index is 11.0. The molecule has 0 amide bonds. The first kappa shape index (κ1) is 25.5. The second kappa shape index (κ2) is 10.7. The van der Waals surface area contributed by atoms with E-state index >= 15 is 0 Å². The van der Waals surface area contributed by atoms with Crippen LogP contribution in [0.1, 0.15) is 41.5 Å². The Morgan fingerprint density at radius 1 is 0.871 bits per heavy atom. The minimum absolute atomic E-state index is 0.0746. The normalized spacial score (nSPS) is 17.4. The van der Waals surface area contributed by atoms with Gasteiger partial charge >= 0.3 is 0 Å². The largest absolute Gasteiger partial charge is 0.407 e. The van der Waals surface area contributed by atoms with Crippen molar-refractivity contribution in [2.24, 2.45) is 17.8 Å². The Kier molecular flexibility index (Phi) is 8.84. The fraction of sp³-hybridized carbons (Fsp3) is 0.481. The summed E-state index contributed by atoms with van der Waals surface area (Å²) in [7, 11) is -2.64. The van der Waals surface area contributed by atoms with Crippen LogP contribution >= 0.6 is 0 Å². The van der Waals surface area contributed by atoms with Gasteiger partial charge in [-0.15, -0.1) is 6.58 Å². The Bertz CT molecular complexity index is 761. The van der Waals surface area contributed by atoms with Crippen LogP contribution in [0.3, 0.4) is 0 Å². The van der Waals surface area contributed by atoms with Crippen molar-refractivity contribution in [2.75, 3.05) is 6.61 Å². The summed E-state index contributed by atoms with van der Waals surface area (Å²) >= 11 is 0. The number of aliphatic hydroxyl groups is 2. The monoisotopic (exact) mass is 440 g/mol. The van der Waals surface area contributed by atoms with E-state index in [-0.39, 0.29) is 22.8 Å². The fourth-order valence-electron chi connectivity index (χ4n) is 4.46. The molecule has 2 rings (SSSR count). The van der Waals surface area contributed by atoms with Gasteiger partial charge in [0, 0.05) is 24.4 Å². The lowest BCUT2D eigenvalue weighted by Crippen LogP contribution is -2.67. The number of aliphatic hydroxyl groups excluding tert-OH is 2. The highest BCUT2D eigenvalue weighted by atomic mass is 28.4. The van der Waals surface area contributed by atoms with E-state index in [1.807, 2.05) is 32.9 Å². The molecular weight excluding hydrogens is 400 g/mol. The first-order chi connectivity index (χ1) is 14.6. The number of hydrogen-bond donors (Lipinski definition) is 2. The molecule has 0 unspecified atom stereocenters. The van der Waals surface area contributed by atoms with Crippen LogP contribution in [0, 0.1) is 17.8 Å². The highest BCUT2D eigenvalue weighted by molar-refractivity contribution is 6.99. The van der Waals surface area contributed by atoms with Crippen molar-refractivity contribution >= 4 is 18.7 Å². The zero-order valence-electron chi connectivity index (χ0n) is 20.0. The lowest BCUT2D eigenvalue weighted by Gasteiger charge is -2.44. The maximum atomic E-state index is 11.0. The van der Waals surface area contributed by atoms with Crippen LogP contribution in [0.2, 0.25) is 5.04 Å². The highest BCUT2D eigenvalue weighted by Gasteiger charge is 2.50. The summed E-state index contributed by atoms with van der Waals surface area (Å²) in [4.78, 5) is 0. The van der Waals surface area contributed by atoms with Gasteiger partial charge in [0.1, 0.15) is 0 Å². The molecule has 2 aromatic rings. The number of benzene rings is 2. The molecule has 0 aliphatic rings. The summed E-state index contributed by atoms with van der Waals surface area (Å²) in [5.74, 6) is -0.469. The van der Waals surface area contributed by atoms with Crippen LogP contribution in [0.4, 0.5) is 0 Å². The van der Waals surface area contributed by atoms with Crippen LogP contribution < -0.4 is 10.4 Å². The number of hydrogen-bond acceptors (Lipinski definition) is 3. The van der Waals surface area contributed by atoms with Crippen molar-refractivity contribution in [1.82, 2.24) is 0 Å². The van der Waals surface area contributed by atoms with Gasteiger partial charge in [0.2, 0.25) is 0 Å². The van der Waals surface area contributed by atoms with Crippen molar-refractivity contribution in [3.63, 3.8) is 0 Å². The lowest BCUT2D eigenvalue weighted by atomic mass is 9.84. The summed E-state index contributed by atoms with van der Waals surface area (Å²) in [6.07, 6.45) is 0.427. The second-order valence-electron chi connectivity index (χ2n) is 9.89. The zero-order chi connectivity index (χ0) is 23.2. The molecule has 2 aromatic carbocycles. The minimum atomic E-state index is -2.64. The lowest BCUT2D eigenvalue weighted by molar-refractivity contribution is -0.0296. The van der Waals surface area contributed by atoms with Crippen LogP contribution in [-0.4, -0.2) is 37.3 Å². The Balaban J connectivity index is 2.38. The third-order valence-electron chi connectivity index (χ3n) is 6.55. The topological polar surface area (TPSA) is 49.7 Å². The van der Waals surface area contributed by atoms with Crippen LogP contribution in [0.25, 0.3) is 0 Å². The Labute approximate surface area is 189 Å². The molecule has 0 aromatic heterocycles. The van der Waals surface area contributed by atoms with Crippen molar-refractivity contribution in [3.8, 4) is 0 Å². The molecule has 0 aliphatic carbocycles. The van der Waals surface area contributed by atoms with Crippen LogP contribution in [-0.2, 0) is 4.43 Å². The molecule has 0 aliphatic heterocycles. The average molecular weight is 441 g/mol. The molecule has 4 heteroatoms. The molecule has 3 nitrogen and oxygen atoms in total. The first-order valence-corrected chi connectivity index (χ1v) is 13.2. The molecule has 170 valence electrons. The molecule has 31 heavy (non-hydrogen) atoms. The van der Waals surface area contributed by atoms with E-state index < -0.39 is 20.5 Å². The Morgan fingerprint density at radius 3 is 1.71 bits per heavy atom. The summed E-state index contributed by atoms with van der Waals surface area (Å²) in [6.45, 7) is 16.8. The molecule has 0 bridgehead atoms. The van der Waals surface area contributed by atoms with Crippen LogP contribution in [0.5, 0.6) is 0 Å². The SMILES string of the molecule is C=C[C@@H](C)[C@H](O)[C@H](C)[C@@H](O)[C@H](C)CO[Si](c1ccccc1)(c1ccccc1)C(C)(C)C. The van der Waals surface area contributed by atoms with Crippen molar-refractivity contribution < 1.29 is 14.6 Å². The first-order valence-electron chi connectivity index (χ1n) is 11.3. The van der Waals surface area contributed by atoms with Gasteiger partial charge in [0.15, 0.2) is 0 Å². The number of rotatable bonds is 10. The average Bonchev–Trinajstić information content (AvgIpc) is 2.77. The minimum Gasteiger partial charge on any atom is -0.407 e. The third-order valence-corrected chi connectivity index (χ3v) is 11.6. The Hall–Kier alpha value is -1.72. The van der Waals surface area contributed by atoms with E-state index in [0.717, 1.165) is 0 Å². The maximum Gasteiger partial charge on any atom is 0.261 e. The van der Waals surface area contributed by atoms with Gasteiger partial charge < -0.3 is 14.6 Å². The van der Waals surface area contributed by atoms with Gasteiger partial charge in [0.05, 0.1) is 12.2 Å². The summed E-state index contributed by atoms with van der Waals surface area (Å²) in [6, 6.07) is 21.0. The summed E-state index contributed by atoms with van der Waals surface area (Å²) in [5, 5.41) is 23.9. The standard InChI is InChI=1S/C27H40O3Si/c1-8-20(2)25(28)22(4)26(29)21(3)19-30-31(27(5,6)7,23-15-11-9-12-16-23)24-17-13-10-14-18-24/h8-18,20-22,25-26,28-29H,1,19H2,2-7H3/t20-,21-,22+,25+,26+/m1/s1. The van der Waals surface area contributed by atoms with Gasteiger partial charge in [-0.1, -0.05) is 108 Å². The quantitative estimate of drug-likeness (QED) is 0.426. The smallest absolute Gasteiger partial charge is 0.261 e. The van der Waals surface area contributed by atoms with Gasteiger partial charge in [-0.3, -0.25) is 0 Å². The van der Waals surface area contributed by atoms with Gasteiger partial charge in [-0.25, -0.2) is 0 Å². The molecule has 0 fully saturated rings. The molecule has 0 saturated heterocycles. The molecule has 0 spiro atoms. The van der Waals surface area contributed by atoms with E-state index in [2.05, 4.69) is 75.9 Å². The van der Waals surface area contributed by atoms with E-state index in [9.17, 15) is 10.2 Å². The molecule has 0 heterocycles. The van der Waals surface area contributed by atoms with Gasteiger partial charge in [-0.05, 0) is 15.4 Å².